The van der Waals surface area contributed by atoms with E-state index in [2.05, 4.69) is 237 Å². The lowest BCUT2D eigenvalue weighted by atomic mass is 9.84. The largest absolute Gasteiger partial charge is 0.457 e. The Bertz CT molecular complexity index is 3000. The van der Waals surface area contributed by atoms with Crippen LogP contribution < -0.4 is 14.5 Å². The second-order valence-electron chi connectivity index (χ2n) is 21.6. The molecule has 0 saturated heterocycles. The van der Waals surface area contributed by atoms with Crippen LogP contribution in [0.1, 0.15) is 105 Å². The summed E-state index contributed by atoms with van der Waals surface area (Å²) < 4.78 is 9.28. The molecule has 0 bridgehead atoms. The third-order valence-corrected chi connectivity index (χ3v) is 12.7. The Kier molecular flexibility index (Phi) is 10.1. The van der Waals surface area contributed by atoms with Gasteiger partial charge in [-0.25, -0.2) is 4.98 Å². The lowest BCUT2D eigenvalue weighted by Gasteiger charge is -2.28. The van der Waals surface area contributed by atoms with E-state index in [1.807, 2.05) is 6.20 Å². The van der Waals surface area contributed by atoms with E-state index in [1.165, 1.54) is 61.2 Å². The minimum Gasteiger partial charge on any atom is -0.457 e. The molecule has 0 spiro atoms. The fourth-order valence-electron chi connectivity index (χ4n) is 8.80. The quantitative estimate of drug-likeness (QED) is 0.167. The number of para-hydroxylation sites is 1. The van der Waals surface area contributed by atoms with Crippen LogP contribution in [0.2, 0.25) is 0 Å². The van der Waals surface area contributed by atoms with Crippen molar-refractivity contribution in [3.05, 3.63) is 168 Å². The molecule has 5 heteroatoms. The summed E-state index contributed by atoms with van der Waals surface area (Å²) in [5, 5.41) is 2.36. The molecule has 6 aromatic carbocycles. The van der Waals surface area contributed by atoms with Crippen molar-refractivity contribution in [2.24, 2.45) is 0 Å². The molecule has 0 aliphatic carbocycles. The van der Waals surface area contributed by atoms with Crippen LogP contribution in [-0.2, 0) is 21.7 Å². The van der Waals surface area contributed by atoms with Crippen molar-refractivity contribution in [1.29, 1.82) is 0 Å². The summed E-state index contributed by atoms with van der Waals surface area (Å²) in [6, 6.07) is 51.2. The van der Waals surface area contributed by atoms with Crippen LogP contribution >= 0.6 is 0 Å². The Labute approximate surface area is 375 Å². The predicted molar refractivity (Wildman–Crippen MR) is 267 cm³/mol. The van der Waals surface area contributed by atoms with Gasteiger partial charge < -0.3 is 14.5 Å². The van der Waals surface area contributed by atoms with Crippen LogP contribution in [0, 0.1) is 0 Å². The number of ether oxygens (including phenoxy) is 1. The average molecular weight is 831 g/mol. The van der Waals surface area contributed by atoms with Gasteiger partial charge in [-0.1, -0.05) is 144 Å². The molecule has 0 fully saturated rings. The van der Waals surface area contributed by atoms with Crippen LogP contribution in [0.3, 0.4) is 0 Å². The Morgan fingerprint density at radius 3 is 1.73 bits per heavy atom. The average Bonchev–Trinajstić information content (AvgIpc) is 3.78. The lowest BCUT2D eigenvalue weighted by Crippen LogP contribution is -2.25. The molecular formula is C58H62N4O. The molecule has 1 aliphatic rings. The summed E-state index contributed by atoms with van der Waals surface area (Å²) in [6.45, 7) is 28.1. The second-order valence-corrected chi connectivity index (χ2v) is 21.6. The number of fused-ring (bicyclic) bond motifs is 4. The molecular weight excluding hydrogens is 769 g/mol. The SMILES string of the molecule is CC(C)(C)c1cc(Oc2ccc3c4ccccc4n(-c4cc(C(C)(C)C)ccn4)c3c2)cc(N2CN(c3cc(-c4ccccc4)cc(C(C)(C)C)c3)c3cc(C(C)(C)C)ccc32)c1. The van der Waals surface area contributed by atoms with Crippen LogP contribution in [-0.4, -0.2) is 16.2 Å². The number of anilines is 4. The van der Waals surface area contributed by atoms with Gasteiger partial charge in [0.1, 0.15) is 24.0 Å². The zero-order chi connectivity index (χ0) is 44.6. The first-order chi connectivity index (χ1) is 29.7. The van der Waals surface area contributed by atoms with Crippen molar-refractivity contribution < 1.29 is 4.74 Å². The molecule has 3 heterocycles. The van der Waals surface area contributed by atoms with Crippen LogP contribution in [0.25, 0.3) is 38.8 Å². The standard InChI is InChI=1S/C58H62N4O/c1-55(2,3)40-22-25-51-53(33-40)61(44-29-39(38-18-14-13-15-19-38)28-42(30-44)57(7,8)9)37-60(51)45-31-43(58(10,11)12)32-47(35-45)63-46-23-24-49-48-20-16-17-21-50(48)62(52(49)36-46)54-34-41(26-27-59-54)56(4,5)6/h13-36H,37H2,1-12H3. The highest BCUT2D eigenvalue weighted by Crippen LogP contribution is 2.49. The van der Waals surface area contributed by atoms with Gasteiger partial charge in [0.25, 0.3) is 0 Å². The van der Waals surface area contributed by atoms with Gasteiger partial charge in [-0.3, -0.25) is 4.57 Å². The van der Waals surface area contributed by atoms with E-state index in [-0.39, 0.29) is 21.7 Å². The van der Waals surface area contributed by atoms with E-state index < -0.39 is 0 Å². The number of hydrogen-bond acceptors (Lipinski definition) is 4. The molecule has 0 amide bonds. The summed E-state index contributed by atoms with van der Waals surface area (Å²) in [7, 11) is 0. The van der Waals surface area contributed by atoms with Crippen molar-refractivity contribution in [2.75, 3.05) is 16.5 Å². The highest BCUT2D eigenvalue weighted by molar-refractivity contribution is 6.09. The molecule has 0 N–H and O–H groups in total. The number of pyridine rings is 1. The number of benzene rings is 6. The van der Waals surface area contributed by atoms with E-state index in [4.69, 9.17) is 9.72 Å². The first kappa shape index (κ1) is 42.0. The molecule has 63 heavy (non-hydrogen) atoms. The molecule has 0 unspecified atom stereocenters. The summed E-state index contributed by atoms with van der Waals surface area (Å²) in [6.07, 6.45) is 1.93. The first-order valence-corrected chi connectivity index (χ1v) is 22.5. The van der Waals surface area contributed by atoms with Gasteiger partial charge in [-0.15, -0.1) is 0 Å². The fraction of sp³-hybridized carbons (Fsp3) is 0.293. The maximum atomic E-state index is 6.99. The van der Waals surface area contributed by atoms with E-state index in [0.29, 0.717) is 6.67 Å². The topological polar surface area (TPSA) is 33.5 Å². The summed E-state index contributed by atoms with van der Waals surface area (Å²) in [5.41, 5.74) is 14.2. The van der Waals surface area contributed by atoms with Gasteiger partial charge in [0.15, 0.2) is 0 Å². The van der Waals surface area contributed by atoms with Crippen molar-refractivity contribution in [2.45, 2.75) is 105 Å². The number of rotatable bonds is 6. The van der Waals surface area contributed by atoms with Gasteiger partial charge in [0.2, 0.25) is 0 Å². The maximum absolute atomic E-state index is 6.99. The maximum Gasteiger partial charge on any atom is 0.137 e. The Hall–Kier alpha value is -6.33. The third-order valence-electron chi connectivity index (χ3n) is 12.7. The van der Waals surface area contributed by atoms with Crippen LogP contribution in [0.15, 0.2) is 146 Å². The van der Waals surface area contributed by atoms with Gasteiger partial charge in [-0.2, -0.15) is 0 Å². The van der Waals surface area contributed by atoms with E-state index in [1.54, 1.807) is 0 Å². The molecule has 0 saturated carbocycles. The predicted octanol–water partition coefficient (Wildman–Crippen LogP) is 16.1. The van der Waals surface area contributed by atoms with Crippen LogP contribution in [0.4, 0.5) is 22.7 Å². The zero-order valence-electron chi connectivity index (χ0n) is 39.3. The van der Waals surface area contributed by atoms with Gasteiger partial charge in [-0.05, 0) is 122 Å². The normalized spacial score (nSPS) is 13.6. The highest BCUT2D eigenvalue weighted by Gasteiger charge is 2.32. The van der Waals surface area contributed by atoms with Crippen molar-refractivity contribution in [3.8, 4) is 28.4 Å². The number of aromatic nitrogens is 2. The van der Waals surface area contributed by atoms with E-state index >= 15 is 0 Å². The number of hydrogen-bond donors (Lipinski definition) is 0. The molecule has 320 valence electrons. The Balaban J connectivity index is 1.16. The van der Waals surface area contributed by atoms with E-state index in [9.17, 15) is 0 Å². The number of nitrogens with zero attached hydrogens (tertiary/aromatic N) is 4. The minimum atomic E-state index is -0.127. The summed E-state index contributed by atoms with van der Waals surface area (Å²) >= 11 is 0. The summed E-state index contributed by atoms with van der Waals surface area (Å²) in [5.74, 6) is 2.49. The lowest BCUT2D eigenvalue weighted by molar-refractivity contribution is 0.479. The van der Waals surface area contributed by atoms with Gasteiger partial charge in [0, 0.05) is 40.5 Å². The second kappa shape index (κ2) is 15.2. The van der Waals surface area contributed by atoms with Crippen molar-refractivity contribution >= 4 is 44.6 Å². The monoisotopic (exact) mass is 830 g/mol. The Morgan fingerprint density at radius 2 is 1.03 bits per heavy atom. The summed E-state index contributed by atoms with van der Waals surface area (Å²) in [4.78, 5) is 9.89. The first-order valence-electron chi connectivity index (χ1n) is 22.5. The molecule has 5 nitrogen and oxygen atoms in total. The minimum absolute atomic E-state index is 0.0101. The molecule has 8 aromatic rings. The van der Waals surface area contributed by atoms with E-state index in [0.717, 1.165) is 34.0 Å². The fourth-order valence-corrected chi connectivity index (χ4v) is 8.80. The molecule has 0 atom stereocenters. The molecule has 9 rings (SSSR count). The molecule has 2 aromatic heterocycles. The zero-order valence-corrected chi connectivity index (χ0v) is 39.3. The third kappa shape index (κ3) is 8.10. The smallest absolute Gasteiger partial charge is 0.137 e. The van der Waals surface area contributed by atoms with Gasteiger partial charge >= 0.3 is 0 Å². The van der Waals surface area contributed by atoms with Crippen molar-refractivity contribution in [3.63, 3.8) is 0 Å². The molecule has 1 aliphatic heterocycles. The van der Waals surface area contributed by atoms with Crippen molar-refractivity contribution in [1.82, 2.24) is 9.55 Å². The Morgan fingerprint density at radius 1 is 0.429 bits per heavy atom. The highest BCUT2D eigenvalue weighted by atomic mass is 16.5. The van der Waals surface area contributed by atoms with Crippen LogP contribution in [0.5, 0.6) is 11.5 Å². The molecule has 0 radical (unpaired) electrons. The van der Waals surface area contributed by atoms with Gasteiger partial charge in [0.05, 0.1) is 22.4 Å².